The molecule has 0 atom stereocenters. The van der Waals surface area contributed by atoms with Crippen molar-refractivity contribution in [3.63, 3.8) is 0 Å². The van der Waals surface area contributed by atoms with E-state index in [0.717, 1.165) is 42.9 Å². The van der Waals surface area contributed by atoms with Gasteiger partial charge in [-0.05, 0) is 58.6 Å². The van der Waals surface area contributed by atoms with Crippen molar-refractivity contribution < 1.29 is 19.0 Å². The molecule has 0 unspecified atom stereocenters. The molecule has 1 aliphatic rings. The first-order valence-electron chi connectivity index (χ1n) is 8.79. The van der Waals surface area contributed by atoms with Crippen molar-refractivity contribution in [3.05, 3.63) is 18.2 Å². The average Bonchev–Trinajstić information content (AvgIpc) is 2.54. The number of amides is 1. The Kier molecular flexibility index (Phi) is 6.39. The van der Waals surface area contributed by atoms with E-state index < -0.39 is 5.60 Å². The normalized spacial score (nSPS) is 20.5. The Hall–Kier alpha value is -2.11. The van der Waals surface area contributed by atoms with Gasteiger partial charge in [-0.2, -0.15) is 0 Å². The number of nitrogens with one attached hydrogen (secondary N) is 2. The minimum atomic E-state index is -0.467. The van der Waals surface area contributed by atoms with Crippen LogP contribution in [0.1, 0.15) is 46.5 Å². The van der Waals surface area contributed by atoms with Crippen LogP contribution in [0.4, 0.5) is 10.5 Å². The van der Waals surface area contributed by atoms with Gasteiger partial charge in [0.25, 0.3) is 0 Å². The Morgan fingerprint density at radius 3 is 2.24 bits per heavy atom. The summed E-state index contributed by atoms with van der Waals surface area (Å²) >= 11 is 0. The van der Waals surface area contributed by atoms with Crippen LogP contribution >= 0.6 is 0 Å². The van der Waals surface area contributed by atoms with Gasteiger partial charge in [0.1, 0.15) is 17.1 Å². The highest BCUT2D eigenvalue weighted by Gasteiger charge is 2.25. The molecule has 2 rings (SSSR count). The molecule has 0 heterocycles. The van der Waals surface area contributed by atoms with Crippen molar-refractivity contribution in [3.8, 4) is 11.5 Å². The third-order valence-corrected chi connectivity index (χ3v) is 4.21. The van der Waals surface area contributed by atoms with Crippen LogP contribution in [-0.4, -0.2) is 38.0 Å². The quantitative estimate of drug-likeness (QED) is 0.841. The lowest BCUT2D eigenvalue weighted by Gasteiger charge is -2.31. The first-order valence-corrected chi connectivity index (χ1v) is 8.79. The van der Waals surface area contributed by atoms with Crippen LogP contribution in [0.2, 0.25) is 0 Å². The van der Waals surface area contributed by atoms with E-state index in [-0.39, 0.29) is 12.1 Å². The molecule has 1 amide bonds. The molecular weight excluding hydrogens is 320 g/mol. The number of hydrogen-bond donors (Lipinski definition) is 2. The molecule has 0 radical (unpaired) electrons. The number of benzene rings is 1. The molecule has 0 aliphatic heterocycles. The van der Waals surface area contributed by atoms with Gasteiger partial charge in [0.15, 0.2) is 0 Å². The summed E-state index contributed by atoms with van der Waals surface area (Å²) in [5, 5.41) is 6.51. The van der Waals surface area contributed by atoms with Gasteiger partial charge in [0, 0.05) is 18.2 Å². The van der Waals surface area contributed by atoms with Crippen LogP contribution in [-0.2, 0) is 4.74 Å². The fraction of sp³-hybridized carbons (Fsp3) is 0.632. The molecule has 2 N–H and O–H groups in total. The maximum Gasteiger partial charge on any atom is 0.407 e. The second-order valence-electron chi connectivity index (χ2n) is 7.41. The number of alkyl carbamates (subject to hydrolysis) is 1. The maximum absolute atomic E-state index is 11.9. The molecule has 6 heteroatoms. The van der Waals surface area contributed by atoms with Gasteiger partial charge in [-0.1, -0.05) is 0 Å². The van der Waals surface area contributed by atoms with E-state index in [2.05, 4.69) is 10.6 Å². The lowest BCUT2D eigenvalue weighted by Crippen LogP contribution is -2.42. The van der Waals surface area contributed by atoms with Crippen LogP contribution in [0.3, 0.4) is 0 Å². The summed E-state index contributed by atoms with van der Waals surface area (Å²) in [7, 11) is 3.31. The summed E-state index contributed by atoms with van der Waals surface area (Å²) in [5.74, 6) is 1.60. The van der Waals surface area contributed by atoms with Gasteiger partial charge in [-0.3, -0.25) is 0 Å². The van der Waals surface area contributed by atoms with E-state index >= 15 is 0 Å². The highest BCUT2D eigenvalue weighted by Crippen LogP contribution is 2.31. The smallest absolute Gasteiger partial charge is 0.407 e. The Bertz CT molecular complexity index is 575. The zero-order chi connectivity index (χ0) is 18.4. The number of carbonyl (C=O) groups excluding carboxylic acids is 1. The van der Waals surface area contributed by atoms with Gasteiger partial charge in [0.2, 0.25) is 0 Å². The lowest BCUT2D eigenvalue weighted by molar-refractivity contribution is 0.0492. The van der Waals surface area contributed by atoms with Crippen molar-refractivity contribution in [1.29, 1.82) is 0 Å². The summed E-state index contributed by atoms with van der Waals surface area (Å²) in [4.78, 5) is 11.9. The van der Waals surface area contributed by atoms with Crippen LogP contribution < -0.4 is 20.1 Å². The Labute approximate surface area is 150 Å². The zero-order valence-corrected chi connectivity index (χ0v) is 15.8. The average molecular weight is 350 g/mol. The van der Waals surface area contributed by atoms with Crippen LogP contribution in [0.5, 0.6) is 11.5 Å². The van der Waals surface area contributed by atoms with Crippen molar-refractivity contribution in [2.24, 2.45) is 0 Å². The van der Waals surface area contributed by atoms with Gasteiger partial charge in [0.05, 0.1) is 19.9 Å². The van der Waals surface area contributed by atoms with E-state index in [0.29, 0.717) is 6.04 Å². The topological polar surface area (TPSA) is 68.8 Å². The molecule has 140 valence electrons. The molecule has 0 bridgehead atoms. The molecule has 25 heavy (non-hydrogen) atoms. The van der Waals surface area contributed by atoms with E-state index in [1.807, 2.05) is 39.0 Å². The first kappa shape index (κ1) is 19.2. The Balaban J connectivity index is 1.85. The number of ether oxygens (including phenoxy) is 3. The van der Waals surface area contributed by atoms with E-state index in [1.54, 1.807) is 14.2 Å². The van der Waals surface area contributed by atoms with E-state index in [1.165, 1.54) is 0 Å². The molecule has 1 fully saturated rings. The molecule has 0 saturated heterocycles. The molecule has 1 saturated carbocycles. The van der Waals surface area contributed by atoms with Crippen LogP contribution in [0, 0.1) is 0 Å². The SMILES string of the molecule is COc1ccc(OC)c(NC2CCC(NC(=O)OC(C)(C)C)CC2)c1. The number of carbonyl (C=O) groups is 1. The van der Waals surface area contributed by atoms with Gasteiger partial charge in [-0.15, -0.1) is 0 Å². The van der Waals surface area contributed by atoms with Crippen molar-refractivity contribution in [2.75, 3.05) is 19.5 Å². The van der Waals surface area contributed by atoms with Gasteiger partial charge in [-0.25, -0.2) is 4.79 Å². The molecule has 1 aromatic carbocycles. The second-order valence-corrected chi connectivity index (χ2v) is 7.41. The minimum absolute atomic E-state index is 0.167. The van der Waals surface area contributed by atoms with Crippen molar-refractivity contribution >= 4 is 11.8 Å². The predicted molar refractivity (Wildman–Crippen MR) is 98.6 cm³/mol. The second kappa shape index (κ2) is 8.32. The molecule has 1 aromatic rings. The van der Waals surface area contributed by atoms with Gasteiger partial charge < -0.3 is 24.8 Å². The molecule has 0 spiro atoms. The fourth-order valence-electron chi connectivity index (χ4n) is 3.00. The summed E-state index contributed by atoms with van der Waals surface area (Å²) in [6, 6.07) is 6.24. The van der Waals surface area contributed by atoms with E-state index in [9.17, 15) is 4.79 Å². The Morgan fingerprint density at radius 1 is 1.04 bits per heavy atom. The lowest BCUT2D eigenvalue weighted by atomic mass is 9.91. The Morgan fingerprint density at radius 2 is 1.68 bits per heavy atom. The van der Waals surface area contributed by atoms with Crippen LogP contribution in [0.25, 0.3) is 0 Å². The van der Waals surface area contributed by atoms with Crippen LogP contribution in [0.15, 0.2) is 18.2 Å². The molecule has 6 nitrogen and oxygen atoms in total. The number of hydrogen-bond acceptors (Lipinski definition) is 5. The largest absolute Gasteiger partial charge is 0.497 e. The fourth-order valence-corrected chi connectivity index (χ4v) is 3.00. The highest BCUT2D eigenvalue weighted by atomic mass is 16.6. The summed E-state index contributed by atoms with van der Waals surface area (Å²) < 4.78 is 16.0. The highest BCUT2D eigenvalue weighted by molar-refractivity contribution is 5.68. The molecule has 1 aliphatic carbocycles. The number of rotatable bonds is 5. The number of methoxy groups -OCH3 is 2. The first-order chi connectivity index (χ1) is 11.8. The van der Waals surface area contributed by atoms with Gasteiger partial charge >= 0.3 is 6.09 Å². The third kappa shape index (κ3) is 6.03. The summed E-state index contributed by atoms with van der Waals surface area (Å²) in [6.45, 7) is 5.61. The zero-order valence-electron chi connectivity index (χ0n) is 15.8. The monoisotopic (exact) mass is 350 g/mol. The number of anilines is 1. The van der Waals surface area contributed by atoms with Crippen molar-refractivity contribution in [2.45, 2.75) is 64.1 Å². The van der Waals surface area contributed by atoms with E-state index in [4.69, 9.17) is 14.2 Å². The predicted octanol–water partition coefficient (Wildman–Crippen LogP) is 3.95. The summed E-state index contributed by atoms with van der Waals surface area (Å²) in [6.07, 6.45) is 3.45. The maximum atomic E-state index is 11.9. The molecular formula is C19H30N2O4. The third-order valence-electron chi connectivity index (χ3n) is 4.21. The molecule has 0 aromatic heterocycles. The summed E-state index contributed by atoms with van der Waals surface area (Å²) in [5.41, 5.74) is 0.469. The minimum Gasteiger partial charge on any atom is -0.497 e. The van der Waals surface area contributed by atoms with Crippen molar-refractivity contribution in [1.82, 2.24) is 5.32 Å². The standard InChI is InChI=1S/C19H30N2O4/c1-19(2,3)25-18(22)21-14-8-6-13(7-9-14)20-16-12-15(23-4)10-11-17(16)24-5/h10-14,20H,6-9H2,1-5H3,(H,21,22).